The Bertz CT molecular complexity index is 485. The minimum Gasteiger partial charge on any atom is -0.462 e. The highest BCUT2D eigenvalue weighted by molar-refractivity contribution is 7.81. The Balaban J connectivity index is 2.18. The summed E-state index contributed by atoms with van der Waals surface area (Å²) in [7, 11) is 0. The largest absolute Gasteiger partial charge is 0.462 e. The van der Waals surface area contributed by atoms with E-state index in [9.17, 15) is 0 Å². The number of furan rings is 1. The van der Waals surface area contributed by atoms with Crippen LogP contribution in [0.3, 0.4) is 0 Å². The summed E-state index contributed by atoms with van der Waals surface area (Å²) in [6.45, 7) is 3.98. The zero-order valence-corrected chi connectivity index (χ0v) is 9.97. The number of nitrogens with zero attached hydrogens (tertiary/aromatic N) is 1. The fraction of sp³-hybridized carbons (Fsp3) is 0.167. The molecule has 4 heteroatoms. The first-order valence-corrected chi connectivity index (χ1v) is 5.36. The Morgan fingerprint density at radius 2 is 2.19 bits per heavy atom. The third-order valence-corrected chi connectivity index (χ3v) is 2.39. The molecule has 82 valence electrons. The summed E-state index contributed by atoms with van der Waals surface area (Å²) < 4.78 is 5.20. The van der Waals surface area contributed by atoms with Crippen LogP contribution in [0.2, 0.25) is 0 Å². The summed E-state index contributed by atoms with van der Waals surface area (Å²) in [6, 6.07) is 7.58. The standard InChI is InChI=1S/C12H12N2OS/c1-8-6-9(2)13-11(7-8)14-12(16)10-4-3-5-15-10/h3-7H,1-2H3,(H,13,14,16). The first-order valence-electron chi connectivity index (χ1n) is 4.95. The minimum absolute atomic E-state index is 0.544. The predicted molar refractivity (Wildman–Crippen MR) is 67.7 cm³/mol. The molecule has 0 spiro atoms. The van der Waals surface area contributed by atoms with Gasteiger partial charge in [0, 0.05) is 5.69 Å². The van der Waals surface area contributed by atoms with Gasteiger partial charge in [-0.15, -0.1) is 0 Å². The molecule has 0 radical (unpaired) electrons. The average molecular weight is 232 g/mol. The van der Waals surface area contributed by atoms with Crippen LogP contribution in [0, 0.1) is 13.8 Å². The van der Waals surface area contributed by atoms with E-state index in [1.54, 1.807) is 12.3 Å². The zero-order valence-electron chi connectivity index (χ0n) is 9.15. The molecular formula is C12H12N2OS. The van der Waals surface area contributed by atoms with Gasteiger partial charge >= 0.3 is 0 Å². The number of rotatable bonds is 2. The zero-order chi connectivity index (χ0) is 11.5. The fourth-order valence-corrected chi connectivity index (χ4v) is 1.71. The van der Waals surface area contributed by atoms with Crippen LogP contribution in [0.5, 0.6) is 0 Å². The van der Waals surface area contributed by atoms with Crippen molar-refractivity contribution in [1.29, 1.82) is 0 Å². The van der Waals surface area contributed by atoms with Crippen molar-refractivity contribution in [2.24, 2.45) is 0 Å². The van der Waals surface area contributed by atoms with Crippen molar-refractivity contribution in [2.45, 2.75) is 13.8 Å². The van der Waals surface area contributed by atoms with Crippen molar-refractivity contribution < 1.29 is 4.42 Å². The van der Waals surface area contributed by atoms with Crippen LogP contribution in [0.1, 0.15) is 17.0 Å². The molecular weight excluding hydrogens is 220 g/mol. The summed E-state index contributed by atoms with van der Waals surface area (Å²) >= 11 is 5.20. The molecule has 0 unspecified atom stereocenters. The molecule has 0 aliphatic rings. The van der Waals surface area contributed by atoms with Gasteiger partial charge in [0.25, 0.3) is 0 Å². The van der Waals surface area contributed by atoms with Crippen molar-refractivity contribution in [1.82, 2.24) is 4.98 Å². The number of hydrogen-bond acceptors (Lipinski definition) is 3. The highest BCUT2D eigenvalue weighted by atomic mass is 32.1. The summed E-state index contributed by atoms with van der Waals surface area (Å²) in [5.41, 5.74) is 2.11. The maximum Gasteiger partial charge on any atom is 0.161 e. The highest BCUT2D eigenvalue weighted by Crippen LogP contribution is 2.11. The Morgan fingerprint density at radius 1 is 1.38 bits per heavy atom. The summed E-state index contributed by atoms with van der Waals surface area (Å²) in [5.74, 6) is 1.40. The van der Waals surface area contributed by atoms with E-state index in [2.05, 4.69) is 10.3 Å². The molecule has 0 aliphatic carbocycles. The van der Waals surface area contributed by atoms with E-state index < -0.39 is 0 Å². The van der Waals surface area contributed by atoms with Crippen LogP contribution in [0.4, 0.5) is 5.82 Å². The number of hydrogen-bond donors (Lipinski definition) is 1. The molecule has 2 aromatic rings. The molecule has 1 N–H and O–H groups in total. The number of pyridine rings is 1. The van der Waals surface area contributed by atoms with Gasteiger partial charge in [-0.2, -0.15) is 0 Å². The third-order valence-electron chi connectivity index (χ3n) is 2.08. The molecule has 16 heavy (non-hydrogen) atoms. The third kappa shape index (κ3) is 2.46. The highest BCUT2D eigenvalue weighted by Gasteiger charge is 2.05. The van der Waals surface area contributed by atoms with E-state index in [1.807, 2.05) is 32.0 Å². The second kappa shape index (κ2) is 4.45. The molecule has 0 saturated heterocycles. The first kappa shape index (κ1) is 10.8. The van der Waals surface area contributed by atoms with Crippen molar-refractivity contribution in [2.75, 3.05) is 5.32 Å². The van der Waals surface area contributed by atoms with Gasteiger partial charge in [0.2, 0.25) is 0 Å². The predicted octanol–water partition coefficient (Wildman–Crippen LogP) is 3.08. The summed E-state index contributed by atoms with van der Waals surface area (Å²) in [6.07, 6.45) is 1.60. The Morgan fingerprint density at radius 3 is 2.81 bits per heavy atom. The minimum atomic E-state index is 0.544. The normalized spacial score (nSPS) is 10.1. The average Bonchev–Trinajstić information content (AvgIpc) is 2.68. The van der Waals surface area contributed by atoms with Gasteiger partial charge in [0.15, 0.2) is 5.76 Å². The van der Waals surface area contributed by atoms with Gasteiger partial charge < -0.3 is 9.73 Å². The Hall–Kier alpha value is -1.68. The molecule has 2 aromatic heterocycles. The second-order valence-electron chi connectivity index (χ2n) is 3.60. The molecule has 0 atom stereocenters. The summed E-state index contributed by atoms with van der Waals surface area (Å²) in [4.78, 5) is 4.89. The van der Waals surface area contributed by atoms with Crippen LogP contribution in [0.15, 0.2) is 34.9 Å². The number of nitrogens with one attached hydrogen (secondary N) is 1. The van der Waals surface area contributed by atoms with E-state index in [4.69, 9.17) is 16.6 Å². The van der Waals surface area contributed by atoms with Gasteiger partial charge in [0.05, 0.1) is 6.26 Å². The lowest BCUT2D eigenvalue weighted by Gasteiger charge is -2.06. The maximum absolute atomic E-state index is 5.20. The van der Waals surface area contributed by atoms with Gasteiger partial charge in [-0.1, -0.05) is 12.2 Å². The number of aryl methyl sites for hydroxylation is 2. The van der Waals surface area contributed by atoms with Crippen LogP contribution < -0.4 is 5.32 Å². The van der Waals surface area contributed by atoms with Crippen molar-refractivity contribution >= 4 is 23.0 Å². The monoisotopic (exact) mass is 232 g/mol. The van der Waals surface area contributed by atoms with Crippen LogP contribution in [0.25, 0.3) is 0 Å². The Kier molecular flexibility index (Phi) is 3.01. The fourth-order valence-electron chi connectivity index (χ4n) is 1.49. The Labute approximate surface area is 99.5 Å². The quantitative estimate of drug-likeness (QED) is 0.807. The molecule has 2 heterocycles. The lowest BCUT2D eigenvalue weighted by Crippen LogP contribution is -2.11. The van der Waals surface area contributed by atoms with Crippen LogP contribution in [-0.2, 0) is 0 Å². The van der Waals surface area contributed by atoms with Gasteiger partial charge in [-0.25, -0.2) is 4.98 Å². The molecule has 0 saturated carbocycles. The van der Waals surface area contributed by atoms with Crippen molar-refractivity contribution in [3.8, 4) is 0 Å². The first-order chi connectivity index (χ1) is 7.65. The number of aromatic nitrogens is 1. The van der Waals surface area contributed by atoms with E-state index in [-0.39, 0.29) is 0 Å². The van der Waals surface area contributed by atoms with E-state index in [0.717, 1.165) is 17.1 Å². The molecule has 0 fully saturated rings. The molecule has 0 aliphatic heterocycles. The van der Waals surface area contributed by atoms with E-state index in [1.165, 1.54) is 0 Å². The van der Waals surface area contributed by atoms with Crippen molar-refractivity contribution in [3.05, 3.63) is 47.5 Å². The van der Waals surface area contributed by atoms with E-state index >= 15 is 0 Å². The smallest absolute Gasteiger partial charge is 0.161 e. The van der Waals surface area contributed by atoms with Crippen molar-refractivity contribution in [3.63, 3.8) is 0 Å². The number of anilines is 1. The lowest BCUT2D eigenvalue weighted by atomic mass is 10.2. The molecule has 3 nitrogen and oxygen atoms in total. The lowest BCUT2D eigenvalue weighted by molar-refractivity contribution is 0.559. The van der Waals surface area contributed by atoms with Gasteiger partial charge in [-0.3, -0.25) is 0 Å². The van der Waals surface area contributed by atoms with Gasteiger partial charge in [-0.05, 0) is 43.7 Å². The van der Waals surface area contributed by atoms with E-state index in [0.29, 0.717) is 10.7 Å². The second-order valence-corrected chi connectivity index (χ2v) is 4.01. The molecule has 0 bridgehead atoms. The molecule has 0 aromatic carbocycles. The number of thiocarbonyl (C=S) groups is 1. The van der Waals surface area contributed by atoms with Crippen LogP contribution >= 0.6 is 12.2 Å². The SMILES string of the molecule is Cc1cc(C)nc(NC(=S)c2ccco2)c1. The molecule has 0 amide bonds. The summed E-state index contributed by atoms with van der Waals surface area (Å²) in [5, 5.41) is 3.05. The van der Waals surface area contributed by atoms with Crippen LogP contribution in [-0.4, -0.2) is 9.97 Å². The topological polar surface area (TPSA) is 38.1 Å². The molecule has 2 rings (SSSR count). The maximum atomic E-state index is 5.20. The van der Waals surface area contributed by atoms with Gasteiger partial charge in [0.1, 0.15) is 10.8 Å².